The summed E-state index contributed by atoms with van der Waals surface area (Å²) in [6.45, 7) is 7.49. The van der Waals surface area contributed by atoms with Gasteiger partial charge in [-0.1, -0.05) is 13.8 Å². The van der Waals surface area contributed by atoms with Gasteiger partial charge in [0.1, 0.15) is 5.72 Å². The van der Waals surface area contributed by atoms with Crippen LogP contribution >= 0.6 is 0 Å². The van der Waals surface area contributed by atoms with E-state index in [9.17, 15) is 0 Å². The third-order valence-corrected chi connectivity index (χ3v) is 1.09. The molecule has 0 aliphatic carbocycles. The van der Waals surface area contributed by atoms with Crippen LogP contribution in [0.5, 0.6) is 0 Å². The monoisotopic (exact) mass is 133 g/mol. The average molecular weight is 133 g/mol. The molecule has 0 atom stereocenters. The summed E-state index contributed by atoms with van der Waals surface area (Å²) < 4.78 is 0. The molecule has 0 amide bonds. The van der Waals surface area contributed by atoms with Crippen molar-refractivity contribution in [1.82, 2.24) is 4.90 Å². The van der Waals surface area contributed by atoms with Crippen molar-refractivity contribution < 1.29 is 5.11 Å². The van der Waals surface area contributed by atoms with Crippen molar-refractivity contribution in [2.45, 2.75) is 33.4 Å². The minimum atomic E-state index is -0.667. The van der Waals surface area contributed by atoms with Crippen LogP contribution in [0.3, 0.4) is 0 Å². The van der Waals surface area contributed by atoms with Crippen LogP contribution in [0.1, 0.15) is 27.7 Å². The van der Waals surface area contributed by atoms with Crippen LogP contribution in [-0.4, -0.2) is 29.8 Å². The molecule has 9 heavy (non-hydrogen) atoms. The molecule has 58 valence electrons. The molecule has 0 saturated heterocycles. The van der Waals surface area contributed by atoms with Crippen LogP contribution in [0.4, 0.5) is 0 Å². The summed E-state index contributed by atoms with van der Waals surface area (Å²) in [6, 6.07) is 0. The van der Waals surface area contributed by atoms with Crippen molar-refractivity contribution in [1.29, 1.82) is 0 Å². The molecule has 0 aliphatic rings. The molecule has 0 aromatic carbocycles. The van der Waals surface area contributed by atoms with Crippen molar-refractivity contribution in [2.75, 3.05) is 14.1 Å². The molecule has 0 aromatic rings. The van der Waals surface area contributed by atoms with Gasteiger partial charge in [0.15, 0.2) is 0 Å². The molecule has 0 spiro atoms. The van der Waals surface area contributed by atoms with E-state index in [1.54, 1.807) is 18.7 Å². The number of hydrogen-bond acceptors (Lipinski definition) is 2. The fourth-order valence-electron chi connectivity index (χ4n) is 0. The lowest BCUT2D eigenvalue weighted by Gasteiger charge is -2.25. The molecule has 0 aliphatic heterocycles. The Kier molecular flexibility index (Phi) is 6.19. The minimum absolute atomic E-state index is 0.667. The van der Waals surface area contributed by atoms with Crippen molar-refractivity contribution in [3.8, 4) is 0 Å². The first-order chi connectivity index (χ1) is 3.94. The summed E-state index contributed by atoms with van der Waals surface area (Å²) in [5, 5.41) is 9.02. The Balaban J connectivity index is 0. The van der Waals surface area contributed by atoms with E-state index in [4.69, 9.17) is 5.11 Å². The Morgan fingerprint density at radius 1 is 1.11 bits per heavy atom. The third-order valence-electron chi connectivity index (χ3n) is 1.09. The summed E-state index contributed by atoms with van der Waals surface area (Å²) in [7, 11) is 3.67. The van der Waals surface area contributed by atoms with E-state index in [1.165, 1.54) is 0 Å². The van der Waals surface area contributed by atoms with Crippen LogP contribution in [0.15, 0.2) is 0 Å². The average Bonchev–Trinajstić information content (AvgIpc) is 1.69. The van der Waals surface area contributed by atoms with Crippen molar-refractivity contribution >= 4 is 0 Å². The largest absolute Gasteiger partial charge is 0.376 e. The SMILES string of the molecule is CC.CN(C)C(C)(C)O. The van der Waals surface area contributed by atoms with E-state index < -0.39 is 5.72 Å². The smallest absolute Gasteiger partial charge is 0.112 e. The van der Waals surface area contributed by atoms with Gasteiger partial charge in [0.05, 0.1) is 0 Å². The molecule has 0 saturated carbocycles. The zero-order valence-electron chi connectivity index (χ0n) is 7.39. The zero-order valence-corrected chi connectivity index (χ0v) is 7.39. The molecule has 1 N–H and O–H groups in total. The second-order valence-corrected chi connectivity index (χ2v) is 2.39. The standard InChI is InChI=1S/C5H13NO.C2H6/c1-5(2,7)6(3)4;1-2/h7H,1-4H3;1-2H3. The Labute approximate surface area is 58.5 Å². The van der Waals surface area contributed by atoms with Gasteiger partial charge >= 0.3 is 0 Å². The van der Waals surface area contributed by atoms with E-state index >= 15 is 0 Å². The first kappa shape index (κ1) is 11.7. The van der Waals surface area contributed by atoms with Gasteiger partial charge in [0.25, 0.3) is 0 Å². The van der Waals surface area contributed by atoms with E-state index in [1.807, 2.05) is 27.9 Å². The van der Waals surface area contributed by atoms with Crippen molar-refractivity contribution in [3.63, 3.8) is 0 Å². The molecular weight excluding hydrogens is 114 g/mol. The number of aliphatic hydroxyl groups is 1. The van der Waals surface area contributed by atoms with Gasteiger partial charge in [0, 0.05) is 0 Å². The van der Waals surface area contributed by atoms with Crippen LogP contribution in [0.2, 0.25) is 0 Å². The quantitative estimate of drug-likeness (QED) is 0.545. The highest BCUT2D eigenvalue weighted by molar-refractivity contribution is 4.58. The third kappa shape index (κ3) is 7.92. The topological polar surface area (TPSA) is 23.5 Å². The van der Waals surface area contributed by atoms with Gasteiger partial charge in [0.2, 0.25) is 0 Å². The molecule has 0 fully saturated rings. The predicted octanol–water partition coefficient (Wildman–Crippen LogP) is 1.30. The first-order valence-electron chi connectivity index (χ1n) is 3.34. The normalized spacial score (nSPS) is 10.7. The minimum Gasteiger partial charge on any atom is -0.376 e. The summed E-state index contributed by atoms with van der Waals surface area (Å²) in [6.07, 6.45) is 0. The number of nitrogens with zero attached hydrogens (tertiary/aromatic N) is 1. The summed E-state index contributed by atoms with van der Waals surface area (Å²) >= 11 is 0. The lowest BCUT2D eigenvalue weighted by molar-refractivity contribution is -0.0480. The van der Waals surface area contributed by atoms with Gasteiger partial charge < -0.3 is 5.11 Å². The van der Waals surface area contributed by atoms with Crippen LogP contribution in [0.25, 0.3) is 0 Å². The molecule has 0 radical (unpaired) electrons. The molecule has 0 unspecified atom stereocenters. The van der Waals surface area contributed by atoms with Gasteiger partial charge in [-0.15, -0.1) is 0 Å². The maximum Gasteiger partial charge on any atom is 0.112 e. The molecule has 0 bridgehead atoms. The summed E-state index contributed by atoms with van der Waals surface area (Å²) in [5.74, 6) is 0. The maximum atomic E-state index is 9.02. The van der Waals surface area contributed by atoms with Crippen LogP contribution in [-0.2, 0) is 0 Å². The fourth-order valence-corrected chi connectivity index (χ4v) is 0. The van der Waals surface area contributed by atoms with E-state index in [-0.39, 0.29) is 0 Å². The zero-order chi connectivity index (χ0) is 8.08. The van der Waals surface area contributed by atoms with Crippen molar-refractivity contribution in [3.05, 3.63) is 0 Å². The van der Waals surface area contributed by atoms with Gasteiger partial charge in [-0.25, -0.2) is 0 Å². The maximum absolute atomic E-state index is 9.02. The molecule has 0 rings (SSSR count). The molecule has 2 heteroatoms. The van der Waals surface area contributed by atoms with E-state index in [2.05, 4.69) is 0 Å². The Morgan fingerprint density at radius 3 is 1.22 bits per heavy atom. The second kappa shape index (κ2) is 4.77. The van der Waals surface area contributed by atoms with E-state index in [0.29, 0.717) is 0 Å². The highest BCUT2D eigenvalue weighted by atomic mass is 16.3. The fraction of sp³-hybridized carbons (Fsp3) is 1.00. The Morgan fingerprint density at radius 2 is 1.22 bits per heavy atom. The Hall–Kier alpha value is -0.0800. The number of rotatable bonds is 1. The molecule has 2 nitrogen and oxygen atoms in total. The van der Waals surface area contributed by atoms with Gasteiger partial charge in [-0.2, -0.15) is 0 Å². The summed E-state index contributed by atoms with van der Waals surface area (Å²) in [4.78, 5) is 1.74. The Bertz CT molecular complexity index is 54.4. The summed E-state index contributed by atoms with van der Waals surface area (Å²) in [5.41, 5.74) is -0.667. The lowest BCUT2D eigenvalue weighted by atomic mass is 10.3. The predicted molar refractivity (Wildman–Crippen MR) is 41.3 cm³/mol. The molecule has 0 heterocycles. The lowest BCUT2D eigenvalue weighted by Crippen LogP contribution is -2.37. The first-order valence-corrected chi connectivity index (χ1v) is 3.34. The van der Waals surface area contributed by atoms with E-state index in [0.717, 1.165) is 0 Å². The highest BCUT2D eigenvalue weighted by Crippen LogP contribution is 2.01. The second-order valence-electron chi connectivity index (χ2n) is 2.39. The molecular formula is C7H19NO. The van der Waals surface area contributed by atoms with Crippen molar-refractivity contribution in [2.24, 2.45) is 0 Å². The van der Waals surface area contributed by atoms with Gasteiger partial charge in [-0.05, 0) is 27.9 Å². The van der Waals surface area contributed by atoms with Crippen LogP contribution in [0, 0.1) is 0 Å². The highest BCUT2D eigenvalue weighted by Gasteiger charge is 2.13. The van der Waals surface area contributed by atoms with Gasteiger partial charge in [-0.3, -0.25) is 4.90 Å². The van der Waals surface area contributed by atoms with Crippen LogP contribution < -0.4 is 0 Å². The molecule has 0 aromatic heterocycles. The number of hydrogen-bond donors (Lipinski definition) is 1.